The number of primary sulfonamides is 1. The molecular formula is C13H14N4O3S. The maximum atomic E-state index is 11.8. The average molecular weight is 306 g/mol. The molecule has 1 aromatic heterocycles. The molecule has 1 amide bonds. The van der Waals surface area contributed by atoms with Crippen LogP contribution >= 0.6 is 0 Å². The molecular weight excluding hydrogens is 292 g/mol. The monoisotopic (exact) mass is 306 g/mol. The predicted molar refractivity (Wildman–Crippen MR) is 77.9 cm³/mol. The molecule has 1 heterocycles. The summed E-state index contributed by atoms with van der Waals surface area (Å²) in [6.07, 6.45) is 1.45. The van der Waals surface area contributed by atoms with Gasteiger partial charge in [0.05, 0.1) is 16.8 Å². The van der Waals surface area contributed by atoms with Gasteiger partial charge in [0.1, 0.15) is 0 Å². The third-order valence-corrected chi connectivity index (χ3v) is 3.65. The van der Waals surface area contributed by atoms with E-state index in [2.05, 4.69) is 15.5 Å². The first-order valence-electron chi connectivity index (χ1n) is 6.01. The second-order valence-corrected chi connectivity index (χ2v) is 6.05. The number of hydrogen-bond acceptors (Lipinski definition) is 5. The Balaban J connectivity index is 2.63. The minimum absolute atomic E-state index is 0.0823. The summed E-state index contributed by atoms with van der Waals surface area (Å²) in [5.74, 6) is -0.301. The summed E-state index contributed by atoms with van der Waals surface area (Å²) in [5.41, 5.74) is 2.00. The summed E-state index contributed by atoms with van der Waals surface area (Å²) in [5, 5.41) is 15.4. The van der Waals surface area contributed by atoms with E-state index >= 15 is 0 Å². The third-order valence-electron chi connectivity index (χ3n) is 2.70. The molecule has 0 atom stereocenters. The van der Waals surface area contributed by atoms with Crippen molar-refractivity contribution in [2.75, 3.05) is 5.32 Å². The van der Waals surface area contributed by atoms with Gasteiger partial charge in [-0.2, -0.15) is 10.2 Å². The van der Waals surface area contributed by atoms with Crippen LogP contribution in [0.4, 0.5) is 5.69 Å². The highest BCUT2D eigenvalue weighted by Gasteiger charge is 2.17. The maximum Gasteiger partial charge on any atom is 0.238 e. The number of sulfonamides is 1. The number of hydrogen-bond donors (Lipinski definition) is 2. The van der Waals surface area contributed by atoms with Crippen molar-refractivity contribution >= 4 is 21.6 Å². The molecule has 0 spiro atoms. The van der Waals surface area contributed by atoms with Crippen molar-refractivity contribution in [2.24, 2.45) is 5.14 Å². The second-order valence-electron chi connectivity index (χ2n) is 4.52. The van der Waals surface area contributed by atoms with Crippen LogP contribution in [-0.4, -0.2) is 24.5 Å². The van der Waals surface area contributed by atoms with E-state index in [1.165, 1.54) is 19.2 Å². The SMILES string of the molecule is CC(=O)Nc1ccc(-c2cnnc(C)c2)c(S(N)(=O)=O)c1. The zero-order valence-corrected chi connectivity index (χ0v) is 12.3. The van der Waals surface area contributed by atoms with Gasteiger partial charge in [-0.3, -0.25) is 4.79 Å². The van der Waals surface area contributed by atoms with Crippen LogP contribution in [0.2, 0.25) is 0 Å². The third kappa shape index (κ3) is 3.61. The first-order valence-corrected chi connectivity index (χ1v) is 7.56. The van der Waals surface area contributed by atoms with Crippen LogP contribution in [0.5, 0.6) is 0 Å². The molecule has 0 saturated heterocycles. The van der Waals surface area contributed by atoms with Crippen molar-refractivity contribution in [1.82, 2.24) is 10.2 Å². The Labute approximate surface area is 122 Å². The summed E-state index contributed by atoms with van der Waals surface area (Å²) < 4.78 is 23.6. The number of nitrogens with one attached hydrogen (secondary N) is 1. The molecule has 0 aliphatic rings. The second kappa shape index (κ2) is 5.58. The van der Waals surface area contributed by atoms with Crippen molar-refractivity contribution < 1.29 is 13.2 Å². The van der Waals surface area contributed by atoms with Gasteiger partial charge in [0.15, 0.2) is 0 Å². The molecule has 0 aliphatic carbocycles. The summed E-state index contributed by atoms with van der Waals surface area (Å²) in [6, 6.07) is 6.19. The van der Waals surface area contributed by atoms with Crippen LogP contribution in [0.15, 0.2) is 35.4 Å². The van der Waals surface area contributed by atoms with Crippen molar-refractivity contribution in [3.8, 4) is 11.1 Å². The number of aryl methyl sites for hydroxylation is 1. The molecule has 110 valence electrons. The van der Waals surface area contributed by atoms with Crippen LogP contribution in [0.3, 0.4) is 0 Å². The number of nitrogens with two attached hydrogens (primary N) is 1. The minimum Gasteiger partial charge on any atom is -0.326 e. The van der Waals surface area contributed by atoms with E-state index in [-0.39, 0.29) is 10.8 Å². The fourth-order valence-corrected chi connectivity index (χ4v) is 2.68. The molecule has 7 nitrogen and oxygen atoms in total. The molecule has 0 aliphatic heterocycles. The molecule has 0 radical (unpaired) electrons. The van der Waals surface area contributed by atoms with Crippen LogP contribution < -0.4 is 10.5 Å². The van der Waals surface area contributed by atoms with Gasteiger partial charge >= 0.3 is 0 Å². The molecule has 2 rings (SSSR count). The number of aromatic nitrogens is 2. The lowest BCUT2D eigenvalue weighted by Gasteiger charge is -2.11. The first kappa shape index (κ1) is 15.1. The van der Waals surface area contributed by atoms with Crippen LogP contribution in [0, 0.1) is 6.92 Å². The van der Waals surface area contributed by atoms with Gasteiger partial charge in [-0.05, 0) is 25.1 Å². The van der Waals surface area contributed by atoms with E-state index in [9.17, 15) is 13.2 Å². The van der Waals surface area contributed by atoms with Crippen molar-refractivity contribution in [3.63, 3.8) is 0 Å². The molecule has 1 aromatic carbocycles. The van der Waals surface area contributed by atoms with Crippen LogP contribution in [-0.2, 0) is 14.8 Å². The van der Waals surface area contributed by atoms with Crippen molar-refractivity contribution in [1.29, 1.82) is 0 Å². The summed E-state index contributed by atoms with van der Waals surface area (Å²) in [6.45, 7) is 3.08. The highest BCUT2D eigenvalue weighted by molar-refractivity contribution is 7.89. The van der Waals surface area contributed by atoms with Gasteiger partial charge in [0, 0.05) is 23.7 Å². The molecule has 0 unspecified atom stereocenters. The molecule has 0 bridgehead atoms. The highest BCUT2D eigenvalue weighted by atomic mass is 32.2. The van der Waals surface area contributed by atoms with Crippen molar-refractivity contribution in [3.05, 3.63) is 36.2 Å². The lowest BCUT2D eigenvalue weighted by Crippen LogP contribution is -2.15. The maximum absolute atomic E-state index is 11.8. The van der Waals surface area contributed by atoms with Gasteiger partial charge in [-0.15, -0.1) is 0 Å². The molecule has 3 N–H and O–H groups in total. The van der Waals surface area contributed by atoms with E-state index in [1.54, 1.807) is 25.1 Å². The Hall–Kier alpha value is -2.32. The Bertz CT molecular complexity index is 803. The van der Waals surface area contributed by atoms with Gasteiger partial charge in [-0.1, -0.05) is 6.07 Å². The standard InChI is InChI=1S/C13H14N4O3S/c1-8-5-10(7-15-17-8)12-4-3-11(16-9(2)18)6-13(12)21(14,19)20/h3-7H,1-2H3,(H,16,18)(H2,14,19,20). The highest BCUT2D eigenvalue weighted by Crippen LogP contribution is 2.29. The molecule has 21 heavy (non-hydrogen) atoms. The topological polar surface area (TPSA) is 115 Å². The van der Waals surface area contributed by atoms with Crippen molar-refractivity contribution in [2.45, 2.75) is 18.7 Å². The number of nitrogens with zero attached hydrogens (tertiary/aromatic N) is 2. The molecule has 2 aromatic rings. The largest absolute Gasteiger partial charge is 0.326 e. The smallest absolute Gasteiger partial charge is 0.238 e. The zero-order chi connectivity index (χ0) is 15.6. The van der Waals surface area contributed by atoms with E-state index in [0.29, 0.717) is 22.5 Å². The lowest BCUT2D eigenvalue weighted by molar-refractivity contribution is -0.114. The number of amides is 1. The Morgan fingerprint density at radius 3 is 2.57 bits per heavy atom. The molecule has 8 heteroatoms. The van der Waals surface area contributed by atoms with E-state index < -0.39 is 10.0 Å². The molecule has 0 saturated carbocycles. The Morgan fingerprint density at radius 2 is 2.00 bits per heavy atom. The van der Waals surface area contributed by atoms with Gasteiger partial charge < -0.3 is 5.32 Å². The number of rotatable bonds is 3. The normalized spacial score (nSPS) is 11.2. The number of carbonyl (C=O) groups excluding carboxylic acids is 1. The number of benzene rings is 1. The van der Waals surface area contributed by atoms with Gasteiger partial charge in [0.25, 0.3) is 0 Å². The molecule has 0 fully saturated rings. The quantitative estimate of drug-likeness (QED) is 0.879. The van der Waals surface area contributed by atoms with Gasteiger partial charge in [-0.25, -0.2) is 13.6 Å². The van der Waals surface area contributed by atoms with E-state index in [0.717, 1.165) is 0 Å². The lowest BCUT2D eigenvalue weighted by atomic mass is 10.1. The predicted octanol–water partition coefficient (Wildman–Crippen LogP) is 1.06. The summed E-state index contributed by atoms with van der Waals surface area (Å²) in [4.78, 5) is 11.0. The Kier molecular flexibility index (Phi) is 4.01. The number of anilines is 1. The average Bonchev–Trinajstić information content (AvgIpc) is 2.37. The van der Waals surface area contributed by atoms with Gasteiger partial charge in [0.2, 0.25) is 15.9 Å². The van der Waals surface area contributed by atoms with Crippen LogP contribution in [0.1, 0.15) is 12.6 Å². The Morgan fingerprint density at radius 1 is 1.29 bits per heavy atom. The van der Waals surface area contributed by atoms with E-state index in [1.807, 2.05) is 0 Å². The van der Waals surface area contributed by atoms with Crippen LogP contribution in [0.25, 0.3) is 11.1 Å². The first-order chi connectivity index (χ1) is 9.77. The minimum atomic E-state index is -3.95. The fraction of sp³-hybridized carbons (Fsp3) is 0.154. The van der Waals surface area contributed by atoms with E-state index in [4.69, 9.17) is 5.14 Å². The zero-order valence-electron chi connectivity index (χ0n) is 11.5. The summed E-state index contributed by atoms with van der Waals surface area (Å²) in [7, 11) is -3.95. The number of carbonyl (C=O) groups is 1. The fourth-order valence-electron chi connectivity index (χ4n) is 1.90. The summed E-state index contributed by atoms with van der Waals surface area (Å²) >= 11 is 0.